The van der Waals surface area contributed by atoms with Crippen molar-refractivity contribution in [2.24, 2.45) is 0 Å². The van der Waals surface area contributed by atoms with Crippen molar-refractivity contribution in [3.63, 3.8) is 0 Å². The van der Waals surface area contributed by atoms with Crippen LogP contribution in [0.3, 0.4) is 0 Å². The van der Waals surface area contributed by atoms with Crippen LogP contribution in [0.1, 0.15) is 84.8 Å². The van der Waals surface area contributed by atoms with Gasteiger partial charge in [-0.3, -0.25) is 29.0 Å². The fourth-order valence-electron chi connectivity index (χ4n) is 12.6. The Morgan fingerprint density at radius 2 is 1.08 bits per heavy atom. The summed E-state index contributed by atoms with van der Waals surface area (Å²) in [6.07, 6.45) is 3.17. The van der Waals surface area contributed by atoms with E-state index < -0.39 is 52.7 Å². The highest BCUT2D eigenvalue weighted by Crippen LogP contribution is 2.71. The molecule has 7 unspecified atom stereocenters. The van der Waals surface area contributed by atoms with E-state index in [-0.39, 0.29) is 47.5 Å². The summed E-state index contributed by atoms with van der Waals surface area (Å²) >= 11 is 7.73. The minimum atomic E-state index is -4.01. The van der Waals surface area contributed by atoms with Crippen LogP contribution in [0, 0.1) is 0 Å². The number of thioether (sulfide) groups is 2. The van der Waals surface area contributed by atoms with Crippen molar-refractivity contribution < 1.29 is 36.0 Å². The van der Waals surface area contributed by atoms with E-state index in [4.69, 9.17) is 20.6 Å². The van der Waals surface area contributed by atoms with Gasteiger partial charge >= 0.3 is 11.6 Å². The zero-order valence-corrected chi connectivity index (χ0v) is 44.8. The van der Waals surface area contributed by atoms with Gasteiger partial charge in [-0.2, -0.15) is 8.42 Å². The first-order valence-electron chi connectivity index (χ1n) is 22.9. The number of sulfonamides is 1. The van der Waals surface area contributed by atoms with E-state index in [2.05, 4.69) is 55.1 Å². The Bertz CT molecular complexity index is 3040. The minimum Gasteiger partial charge on any atom is -0.320 e. The first-order chi connectivity index (χ1) is 33.4. The average molecular weight is 1090 g/mol. The number of amides is 4. The van der Waals surface area contributed by atoms with Gasteiger partial charge in [0.2, 0.25) is 0 Å². The Morgan fingerprint density at radius 1 is 0.620 bits per heavy atom. The lowest BCUT2D eigenvalue weighted by Gasteiger charge is -2.58. The topological polar surface area (TPSA) is 156 Å². The van der Waals surface area contributed by atoms with Crippen molar-refractivity contribution in [2.75, 3.05) is 23.3 Å². The summed E-state index contributed by atoms with van der Waals surface area (Å²) in [7, 11) is 2.25. The van der Waals surface area contributed by atoms with E-state index in [1.165, 1.54) is 55.0 Å². The van der Waals surface area contributed by atoms with Gasteiger partial charge in [-0.05, 0) is 74.2 Å². The lowest BCUT2D eigenvalue weighted by atomic mass is 9.74. The molecule has 10 aliphatic rings. The zero-order valence-electron chi connectivity index (χ0n) is 39.1. The number of piperazine rings is 2. The van der Waals surface area contributed by atoms with Crippen LogP contribution in [0.4, 0.5) is 17.1 Å². The molecule has 0 aromatic heterocycles. The molecule has 374 valence electrons. The van der Waals surface area contributed by atoms with Gasteiger partial charge in [-0.1, -0.05) is 164 Å². The Morgan fingerprint density at radius 3 is 1.69 bits per heavy atom. The Balaban J connectivity index is 0.000000165. The van der Waals surface area contributed by atoms with E-state index in [1.807, 2.05) is 54.3 Å². The molecule has 8 atom stereocenters. The number of hydrogen-bond donors (Lipinski definition) is 0. The van der Waals surface area contributed by atoms with Gasteiger partial charge in [0.25, 0.3) is 33.7 Å². The lowest BCUT2D eigenvalue weighted by molar-refractivity contribution is -0.163. The molecular formula is C50H54N6O8S7. The third-order valence-corrected chi connectivity index (χ3v) is 24.1. The predicted octanol–water partition coefficient (Wildman–Crippen LogP) is 8.82. The standard InChI is InChI=1S/C25H25N3O2S3.C24H25N3O4S3.CH4.O2S/c1-4-14-24-15-25-21(30)26(3)23(2,32-22(31)33-25)20(29)28(25)19(24)27(16-10-6-5-7-11-16)18-13-9-8-12-17(18)24;1-4-14-23-15-24-21(29)25(3)22(2,32-33-24)20(28)26(24)19(23)27(18-13-9-8-12-17(18)23)34(30,31)16-10-6-5-7-11-16;;1-3-2/h5-13,19H,4,14-15H2,1-3H3;5-13,19H,4,14-15H2,1-3H3;1H4;/t19?,23?,24?,25-;;;/m0.../s1. The van der Waals surface area contributed by atoms with Crippen LogP contribution >= 0.6 is 57.3 Å². The second-order valence-corrected chi connectivity index (χ2v) is 27.7. The lowest BCUT2D eigenvalue weighted by Crippen LogP contribution is -2.76. The van der Waals surface area contributed by atoms with Crippen molar-refractivity contribution in [2.45, 2.75) is 121 Å². The van der Waals surface area contributed by atoms with Crippen molar-refractivity contribution in [3.05, 3.63) is 120 Å². The Kier molecular flexibility index (Phi) is 13.0. The summed E-state index contributed by atoms with van der Waals surface area (Å²) < 4.78 is 47.0. The van der Waals surface area contributed by atoms with Gasteiger partial charge in [-0.15, -0.1) is 0 Å². The highest BCUT2D eigenvalue weighted by molar-refractivity contribution is 8.78. The Labute approximate surface area is 440 Å². The molecule has 10 aliphatic heterocycles. The third-order valence-electron chi connectivity index (χ3n) is 15.6. The van der Waals surface area contributed by atoms with Crippen molar-refractivity contribution in [3.8, 4) is 0 Å². The zero-order chi connectivity index (χ0) is 50.0. The van der Waals surface area contributed by atoms with Gasteiger partial charge in [0.1, 0.15) is 15.9 Å². The van der Waals surface area contributed by atoms with Crippen LogP contribution < -0.4 is 9.21 Å². The smallest absolute Gasteiger partial charge is 0.320 e. The molecule has 4 aromatic rings. The number of carbonyl (C=O) groups excluding carboxylic acids is 4. The molecule has 0 N–H and O–H groups in total. The van der Waals surface area contributed by atoms with E-state index in [1.54, 1.807) is 66.1 Å². The molecule has 21 heteroatoms. The minimum absolute atomic E-state index is 0. The molecular weight excluding hydrogens is 1040 g/mol. The molecule has 14 rings (SSSR count). The summed E-state index contributed by atoms with van der Waals surface area (Å²) in [5, 5.41) is 0. The monoisotopic (exact) mass is 1090 g/mol. The molecule has 8 fully saturated rings. The summed E-state index contributed by atoms with van der Waals surface area (Å²) in [6, 6.07) is 34.6. The van der Waals surface area contributed by atoms with Crippen LogP contribution in [0.2, 0.25) is 0 Å². The number of benzene rings is 4. The maximum Gasteiger partial charge on any atom is 0.335 e. The van der Waals surface area contributed by atoms with Crippen molar-refractivity contribution in [1.29, 1.82) is 0 Å². The van der Waals surface area contributed by atoms with E-state index >= 15 is 0 Å². The fourth-order valence-corrected chi connectivity index (χ4v) is 21.7. The van der Waals surface area contributed by atoms with E-state index in [0.717, 1.165) is 36.2 Å². The first kappa shape index (κ1) is 51.5. The molecule has 8 saturated heterocycles. The molecule has 4 aromatic carbocycles. The highest BCUT2D eigenvalue weighted by atomic mass is 33.1. The quantitative estimate of drug-likeness (QED) is 0.128. The molecule has 4 amide bonds. The number of hydrogen-bond acceptors (Lipinski definition) is 14. The molecule has 14 nitrogen and oxygen atoms in total. The van der Waals surface area contributed by atoms with Gasteiger partial charge in [-0.25, -0.2) is 12.7 Å². The van der Waals surface area contributed by atoms with E-state index in [0.29, 0.717) is 28.5 Å². The van der Waals surface area contributed by atoms with Gasteiger partial charge in [0.05, 0.1) is 10.6 Å². The van der Waals surface area contributed by atoms with E-state index in [9.17, 15) is 27.6 Å². The second kappa shape index (κ2) is 17.9. The summed E-state index contributed by atoms with van der Waals surface area (Å²) in [4.78, 5) is 61.2. The molecule has 71 heavy (non-hydrogen) atoms. The second-order valence-electron chi connectivity index (χ2n) is 19.1. The third kappa shape index (κ3) is 6.73. The molecule has 0 radical (unpaired) electrons. The molecule has 4 bridgehead atoms. The largest absolute Gasteiger partial charge is 0.335 e. The van der Waals surface area contributed by atoms with Gasteiger partial charge in [0.15, 0.2) is 19.5 Å². The molecule has 10 heterocycles. The summed E-state index contributed by atoms with van der Waals surface area (Å²) in [5.74, 6) is -0.379. The maximum atomic E-state index is 14.3. The fraction of sp³-hybridized carbons (Fsp3) is 0.420. The number of para-hydroxylation sites is 3. The number of fused-ring (bicyclic) bond motifs is 11. The number of rotatable bonds is 7. The molecule has 2 spiro atoms. The van der Waals surface area contributed by atoms with Crippen LogP contribution in [0.25, 0.3) is 0 Å². The van der Waals surface area contributed by atoms with Crippen LogP contribution in [0.5, 0.6) is 0 Å². The number of nitrogens with zero attached hydrogens (tertiary/aromatic N) is 6. The average Bonchev–Trinajstić information content (AvgIpc) is 3.97. The Hall–Kier alpha value is -4.38. The highest BCUT2D eigenvalue weighted by Gasteiger charge is 2.79. The SMILES string of the molecule is C.CCCC12CC34SSC(C)(C(=O)N3C1N(S(=O)(=O)c1ccccc1)c1ccccc12)N(C)C4=O.CCCC12C[C@@]34SC(=S)SC(C)(C(=O)N3C1N(c1ccccc1)c1ccccc12)N(C)C4=O.O=S=O. The maximum absolute atomic E-state index is 14.3. The van der Waals surface area contributed by atoms with Crippen LogP contribution in [-0.2, 0) is 51.6 Å². The molecule has 0 saturated carbocycles. The van der Waals surface area contributed by atoms with Crippen LogP contribution in [-0.4, -0.2) is 110 Å². The number of anilines is 3. The summed E-state index contributed by atoms with van der Waals surface area (Å²) in [6.45, 7) is 7.85. The number of thiocarbonyl (C=S) groups is 1. The van der Waals surface area contributed by atoms with Crippen LogP contribution in [0.15, 0.2) is 114 Å². The molecule has 0 aliphatic carbocycles. The predicted molar refractivity (Wildman–Crippen MR) is 288 cm³/mol. The van der Waals surface area contributed by atoms with Crippen molar-refractivity contribution in [1.82, 2.24) is 19.6 Å². The van der Waals surface area contributed by atoms with Crippen molar-refractivity contribution >= 4 is 123 Å². The van der Waals surface area contributed by atoms with Gasteiger partial charge < -0.3 is 14.7 Å². The summed E-state index contributed by atoms with van der Waals surface area (Å²) in [5.41, 5.74) is 3.83. The van der Waals surface area contributed by atoms with Gasteiger partial charge in [0, 0.05) is 49.1 Å². The number of likely N-dealkylation sites (N-methyl/N-ethyl adjacent to an activating group) is 2. The number of carbonyl (C=O) groups is 4. The normalized spacial score (nSPS) is 32.4. The first-order valence-corrected chi connectivity index (χ1v) is 29.2.